The third-order valence-corrected chi connectivity index (χ3v) is 2.24. The first-order valence-electron chi connectivity index (χ1n) is 4.85. The van der Waals surface area contributed by atoms with Crippen molar-refractivity contribution in [2.24, 2.45) is 0 Å². The van der Waals surface area contributed by atoms with Crippen LogP contribution in [0, 0.1) is 5.82 Å². The minimum Gasteiger partial charge on any atom is -0.493 e. The summed E-state index contributed by atoms with van der Waals surface area (Å²) in [6.07, 6.45) is 1.68. The monoisotopic (exact) mass is 225 g/mol. The maximum Gasteiger partial charge on any atom is 0.196 e. The first-order valence-corrected chi connectivity index (χ1v) is 4.85. The largest absolute Gasteiger partial charge is 0.493 e. The van der Waals surface area contributed by atoms with E-state index in [1.54, 1.807) is 12.3 Å². The highest BCUT2D eigenvalue weighted by molar-refractivity contribution is 5.44. The van der Waals surface area contributed by atoms with Gasteiger partial charge in [0.1, 0.15) is 0 Å². The summed E-state index contributed by atoms with van der Waals surface area (Å²) < 4.78 is 23.6. The molecule has 1 rings (SSSR count). The number of halogens is 1. The van der Waals surface area contributed by atoms with Crippen molar-refractivity contribution in [3.8, 4) is 11.5 Å². The lowest BCUT2D eigenvalue weighted by atomic mass is 10.2. The predicted molar refractivity (Wildman–Crippen MR) is 61.2 cm³/mol. The molecule has 0 atom stereocenters. The van der Waals surface area contributed by atoms with Gasteiger partial charge in [-0.2, -0.15) is 0 Å². The van der Waals surface area contributed by atoms with Crippen LogP contribution in [0.25, 0.3) is 0 Å². The van der Waals surface area contributed by atoms with Crippen LogP contribution in [0.1, 0.15) is 5.56 Å². The van der Waals surface area contributed by atoms with E-state index in [1.807, 2.05) is 11.9 Å². The van der Waals surface area contributed by atoms with Gasteiger partial charge in [0.15, 0.2) is 17.3 Å². The lowest BCUT2D eigenvalue weighted by Gasteiger charge is -2.15. The SMILES string of the molecule is C=CN(C)Cc1cc(F)c(OC)c(OC)c1. The Kier molecular flexibility index (Phi) is 4.17. The zero-order valence-electron chi connectivity index (χ0n) is 9.79. The Morgan fingerprint density at radius 1 is 1.38 bits per heavy atom. The zero-order valence-corrected chi connectivity index (χ0v) is 9.79. The van der Waals surface area contributed by atoms with E-state index in [9.17, 15) is 4.39 Å². The molecule has 4 heteroatoms. The first-order chi connectivity index (χ1) is 7.62. The predicted octanol–water partition coefficient (Wildman–Crippen LogP) is 2.42. The summed E-state index contributed by atoms with van der Waals surface area (Å²) in [6.45, 7) is 4.20. The van der Waals surface area contributed by atoms with Crippen LogP contribution in [0.5, 0.6) is 11.5 Å². The van der Waals surface area contributed by atoms with Crippen molar-refractivity contribution in [2.75, 3.05) is 21.3 Å². The molecular weight excluding hydrogens is 209 g/mol. The molecular formula is C12H16FNO2. The van der Waals surface area contributed by atoms with Gasteiger partial charge in [-0.25, -0.2) is 4.39 Å². The second-order valence-corrected chi connectivity index (χ2v) is 3.41. The van der Waals surface area contributed by atoms with E-state index in [2.05, 4.69) is 6.58 Å². The Labute approximate surface area is 95.1 Å². The molecule has 0 fully saturated rings. The van der Waals surface area contributed by atoms with Crippen LogP contribution < -0.4 is 9.47 Å². The van der Waals surface area contributed by atoms with Gasteiger partial charge in [-0.15, -0.1) is 0 Å². The Hall–Kier alpha value is -1.71. The normalized spacial score (nSPS) is 9.75. The van der Waals surface area contributed by atoms with Crippen LogP contribution in [0.2, 0.25) is 0 Å². The molecule has 0 spiro atoms. The Bertz CT molecular complexity index is 380. The number of methoxy groups -OCH3 is 2. The molecule has 0 bridgehead atoms. The average Bonchev–Trinajstić information content (AvgIpc) is 2.28. The maximum absolute atomic E-state index is 13.6. The third kappa shape index (κ3) is 2.66. The zero-order chi connectivity index (χ0) is 12.1. The van der Waals surface area contributed by atoms with Gasteiger partial charge in [-0.05, 0) is 23.9 Å². The van der Waals surface area contributed by atoms with Gasteiger partial charge in [0.2, 0.25) is 0 Å². The fourth-order valence-electron chi connectivity index (χ4n) is 1.42. The van der Waals surface area contributed by atoms with Crippen LogP contribution in [0.3, 0.4) is 0 Å². The van der Waals surface area contributed by atoms with Crippen molar-refractivity contribution >= 4 is 0 Å². The molecule has 0 saturated carbocycles. The van der Waals surface area contributed by atoms with Crippen molar-refractivity contribution in [3.63, 3.8) is 0 Å². The molecule has 0 aliphatic carbocycles. The standard InChI is InChI=1S/C12H16FNO2/c1-5-14(2)8-9-6-10(13)12(16-4)11(7-9)15-3/h5-7H,1,8H2,2-4H3. The van der Waals surface area contributed by atoms with E-state index in [-0.39, 0.29) is 5.75 Å². The van der Waals surface area contributed by atoms with Crippen molar-refractivity contribution in [1.82, 2.24) is 4.90 Å². The number of hydrogen-bond acceptors (Lipinski definition) is 3. The van der Waals surface area contributed by atoms with Crippen LogP contribution >= 0.6 is 0 Å². The molecule has 16 heavy (non-hydrogen) atoms. The lowest BCUT2D eigenvalue weighted by molar-refractivity contribution is 0.335. The van der Waals surface area contributed by atoms with E-state index in [4.69, 9.17) is 9.47 Å². The highest BCUT2D eigenvalue weighted by Crippen LogP contribution is 2.31. The maximum atomic E-state index is 13.6. The van der Waals surface area contributed by atoms with E-state index < -0.39 is 5.82 Å². The molecule has 1 aromatic rings. The Balaban J connectivity index is 3.05. The van der Waals surface area contributed by atoms with Crippen molar-refractivity contribution < 1.29 is 13.9 Å². The van der Waals surface area contributed by atoms with Crippen molar-refractivity contribution in [3.05, 3.63) is 36.3 Å². The summed E-state index contributed by atoms with van der Waals surface area (Å²) in [5.74, 6) is 0.108. The van der Waals surface area contributed by atoms with Crippen molar-refractivity contribution in [1.29, 1.82) is 0 Å². The minimum atomic E-state index is -0.422. The Morgan fingerprint density at radius 2 is 2.06 bits per heavy atom. The summed E-state index contributed by atoms with van der Waals surface area (Å²) >= 11 is 0. The summed E-state index contributed by atoms with van der Waals surface area (Å²) in [5, 5.41) is 0. The van der Waals surface area contributed by atoms with Crippen LogP contribution in [-0.2, 0) is 6.54 Å². The molecule has 1 aromatic carbocycles. The molecule has 0 amide bonds. The summed E-state index contributed by atoms with van der Waals surface area (Å²) in [7, 11) is 4.76. The lowest BCUT2D eigenvalue weighted by Crippen LogP contribution is -2.09. The highest BCUT2D eigenvalue weighted by atomic mass is 19.1. The first kappa shape index (κ1) is 12.4. The minimum absolute atomic E-state index is 0.132. The fraction of sp³-hybridized carbons (Fsp3) is 0.333. The topological polar surface area (TPSA) is 21.7 Å². The third-order valence-electron chi connectivity index (χ3n) is 2.24. The van der Waals surface area contributed by atoms with E-state index in [0.717, 1.165) is 5.56 Å². The molecule has 0 radical (unpaired) electrons. The van der Waals surface area contributed by atoms with Gasteiger partial charge >= 0.3 is 0 Å². The van der Waals surface area contributed by atoms with Crippen LogP contribution in [-0.4, -0.2) is 26.2 Å². The number of rotatable bonds is 5. The molecule has 3 nitrogen and oxygen atoms in total. The smallest absolute Gasteiger partial charge is 0.196 e. The van der Waals surface area contributed by atoms with E-state index in [1.165, 1.54) is 20.3 Å². The molecule has 0 aromatic heterocycles. The van der Waals surface area contributed by atoms with Gasteiger partial charge < -0.3 is 14.4 Å². The van der Waals surface area contributed by atoms with Crippen molar-refractivity contribution in [2.45, 2.75) is 6.54 Å². The highest BCUT2D eigenvalue weighted by Gasteiger charge is 2.12. The van der Waals surface area contributed by atoms with Gasteiger partial charge in [-0.1, -0.05) is 6.58 Å². The number of hydrogen-bond donors (Lipinski definition) is 0. The Morgan fingerprint density at radius 3 is 2.56 bits per heavy atom. The molecule has 0 aliphatic heterocycles. The second kappa shape index (κ2) is 5.39. The number of ether oxygens (including phenoxy) is 2. The molecule has 0 saturated heterocycles. The quantitative estimate of drug-likeness (QED) is 0.768. The van der Waals surface area contributed by atoms with Gasteiger partial charge in [0.25, 0.3) is 0 Å². The van der Waals surface area contributed by atoms with Crippen LogP contribution in [0.15, 0.2) is 24.9 Å². The van der Waals surface area contributed by atoms with Gasteiger partial charge in [0.05, 0.1) is 14.2 Å². The number of benzene rings is 1. The summed E-state index contributed by atoms with van der Waals surface area (Å²) in [6, 6.07) is 3.18. The summed E-state index contributed by atoms with van der Waals surface area (Å²) in [5.41, 5.74) is 0.803. The molecule has 88 valence electrons. The average molecular weight is 225 g/mol. The summed E-state index contributed by atoms with van der Waals surface area (Å²) in [4.78, 5) is 1.85. The van der Waals surface area contributed by atoms with E-state index in [0.29, 0.717) is 12.3 Å². The fourth-order valence-corrected chi connectivity index (χ4v) is 1.42. The molecule has 0 heterocycles. The van der Waals surface area contributed by atoms with Crippen LogP contribution in [0.4, 0.5) is 4.39 Å². The van der Waals surface area contributed by atoms with E-state index >= 15 is 0 Å². The number of nitrogens with zero attached hydrogens (tertiary/aromatic N) is 1. The molecule has 0 aliphatic rings. The van der Waals surface area contributed by atoms with Gasteiger partial charge in [0, 0.05) is 13.6 Å². The molecule has 0 N–H and O–H groups in total. The second-order valence-electron chi connectivity index (χ2n) is 3.41. The van der Waals surface area contributed by atoms with Gasteiger partial charge in [-0.3, -0.25) is 0 Å². The molecule has 0 unspecified atom stereocenters.